The van der Waals surface area contributed by atoms with Crippen molar-refractivity contribution in [1.29, 1.82) is 0 Å². The second kappa shape index (κ2) is 10.6. The van der Waals surface area contributed by atoms with E-state index in [1.165, 1.54) is 9.13 Å². The average molecular weight is 477 g/mol. The molecule has 0 aliphatic heterocycles. The SMILES string of the molecule is CCCn1c(=O)c2c(nc(-c3ccc(OCCN(C)c4ccccn4)cc3)n2CCC)n(C)c1=O. The number of aromatic nitrogens is 5. The second-order valence-electron chi connectivity index (χ2n) is 8.54. The number of nitrogens with zero attached hydrogens (tertiary/aromatic N) is 6. The number of likely N-dealkylation sites (N-methyl/N-ethyl adjacent to an activating group) is 1. The molecule has 0 saturated carbocycles. The predicted octanol–water partition coefficient (Wildman–Crippen LogP) is 3.29. The zero-order valence-corrected chi connectivity index (χ0v) is 20.8. The third-order valence-electron chi connectivity index (χ3n) is 5.98. The third-order valence-corrected chi connectivity index (χ3v) is 5.98. The maximum atomic E-state index is 13.2. The fourth-order valence-corrected chi connectivity index (χ4v) is 4.15. The summed E-state index contributed by atoms with van der Waals surface area (Å²) in [6.45, 7) is 6.23. The largest absolute Gasteiger partial charge is 0.492 e. The molecule has 3 aromatic heterocycles. The van der Waals surface area contributed by atoms with Gasteiger partial charge in [0.05, 0.1) is 6.54 Å². The number of ether oxygens (including phenoxy) is 1. The van der Waals surface area contributed by atoms with Crippen LogP contribution in [0.3, 0.4) is 0 Å². The van der Waals surface area contributed by atoms with E-state index < -0.39 is 0 Å². The van der Waals surface area contributed by atoms with Gasteiger partial charge in [0, 0.05) is 38.9 Å². The molecular formula is C26H32N6O3. The van der Waals surface area contributed by atoms with Gasteiger partial charge in [-0.2, -0.15) is 0 Å². The summed E-state index contributed by atoms with van der Waals surface area (Å²) in [7, 11) is 3.65. The van der Waals surface area contributed by atoms with Crippen molar-refractivity contribution in [2.45, 2.75) is 39.8 Å². The van der Waals surface area contributed by atoms with Gasteiger partial charge in [-0.3, -0.25) is 13.9 Å². The molecule has 9 nitrogen and oxygen atoms in total. The minimum atomic E-state index is -0.337. The van der Waals surface area contributed by atoms with Gasteiger partial charge in [0.2, 0.25) is 0 Å². The maximum absolute atomic E-state index is 13.2. The molecule has 9 heteroatoms. The van der Waals surface area contributed by atoms with Crippen LogP contribution in [0.4, 0.5) is 5.82 Å². The number of aryl methyl sites for hydroxylation is 2. The van der Waals surface area contributed by atoms with Crippen molar-refractivity contribution in [3.05, 3.63) is 69.5 Å². The summed E-state index contributed by atoms with van der Waals surface area (Å²) < 4.78 is 10.6. The highest BCUT2D eigenvalue weighted by Gasteiger charge is 2.20. The summed E-state index contributed by atoms with van der Waals surface area (Å²) in [6, 6.07) is 13.5. The number of hydrogen-bond donors (Lipinski definition) is 0. The van der Waals surface area contributed by atoms with Crippen LogP contribution in [0.5, 0.6) is 5.75 Å². The monoisotopic (exact) mass is 476 g/mol. The Morgan fingerprint density at radius 1 is 0.971 bits per heavy atom. The molecule has 0 bridgehead atoms. The van der Waals surface area contributed by atoms with Gasteiger partial charge in [-0.25, -0.2) is 14.8 Å². The van der Waals surface area contributed by atoms with Crippen LogP contribution >= 0.6 is 0 Å². The Labute approximate surface area is 204 Å². The molecule has 0 unspecified atom stereocenters. The zero-order valence-electron chi connectivity index (χ0n) is 20.8. The smallest absolute Gasteiger partial charge is 0.332 e. The van der Waals surface area contributed by atoms with Crippen LogP contribution in [-0.4, -0.2) is 43.9 Å². The van der Waals surface area contributed by atoms with E-state index in [0.29, 0.717) is 49.7 Å². The lowest BCUT2D eigenvalue weighted by Gasteiger charge is -2.18. The van der Waals surface area contributed by atoms with E-state index in [4.69, 9.17) is 9.72 Å². The van der Waals surface area contributed by atoms with Crippen molar-refractivity contribution in [3.63, 3.8) is 0 Å². The van der Waals surface area contributed by atoms with Gasteiger partial charge in [-0.05, 0) is 49.2 Å². The van der Waals surface area contributed by atoms with Crippen molar-refractivity contribution < 1.29 is 4.74 Å². The van der Waals surface area contributed by atoms with Crippen molar-refractivity contribution in [2.75, 3.05) is 25.1 Å². The van der Waals surface area contributed by atoms with Crippen LogP contribution in [0.2, 0.25) is 0 Å². The Kier molecular flexibility index (Phi) is 7.33. The van der Waals surface area contributed by atoms with Crippen LogP contribution in [0.1, 0.15) is 26.7 Å². The standard InChI is InChI=1S/C26H32N6O3/c1-5-15-31-22-24(30(4)26(34)32(16-6-2)25(22)33)28-23(31)19-10-12-20(13-11-19)35-18-17-29(3)21-9-7-8-14-27-21/h7-14H,5-6,15-18H2,1-4H3. The average Bonchev–Trinajstić information content (AvgIpc) is 3.26. The van der Waals surface area contributed by atoms with E-state index in [0.717, 1.165) is 23.6 Å². The van der Waals surface area contributed by atoms with Crippen molar-refractivity contribution in [2.24, 2.45) is 7.05 Å². The Hall–Kier alpha value is -3.88. The molecule has 0 saturated heterocycles. The molecule has 0 atom stereocenters. The molecule has 4 aromatic rings. The van der Waals surface area contributed by atoms with E-state index in [1.807, 2.05) is 65.9 Å². The van der Waals surface area contributed by atoms with E-state index in [-0.39, 0.29) is 11.2 Å². The Morgan fingerprint density at radius 2 is 1.69 bits per heavy atom. The molecule has 0 fully saturated rings. The second-order valence-corrected chi connectivity index (χ2v) is 8.54. The van der Waals surface area contributed by atoms with Crippen LogP contribution in [0, 0.1) is 0 Å². The molecule has 3 heterocycles. The Bertz CT molecular complexity index is 1400. The van der Waals surface area contributed by atoms with Crippen LogP contribution in [-0.2, 0) is 20.1 Å². The van der Waals surface area contributed by atoms with E-state index in [9.17, 15) is 9.59 Å². The number of rotatable bonds is 10. The topological polar surface area (TPSA) is 87.2 Å². The first-order valence-corrected chi connectivity index (χ1v) is 12.0. The number of benzene rings is 1. The lowest BCUT2D eigenvalue weighted by molar-refractivity contribution is 0.325. The highest BCUT2D eigenvalue weighted by Crippen LogP contribution is 2.25. The van der Waals surface area contributed by atoms with Crippen LogP contribution in [0.25, 0.3) is 22.6 Å². The minimum absolute atomic E-state index is 0.283. The third kappa shape index (κ3) is 4.84. The van der Waals surface area contributed by atoms with E-state index >= 15 is 0 Å². The summed E-state index contributed by atoms with van der Waals surface area (Å²) in [6.07, 6.45) is 3.31. The first kappa shape index (κ1) is 24.3. The highest BCUT2D eigenvalue weighted by atomic mass is 16.5. The first-order valence-electron chi connectivity index (χ1n) is 12.0. The van der Waals surface area contributed by atoms with Gasteiger partial charge in [-0.1, -0.05) is 19.9 Å². The molecule has 0 radical (unpaired) electrons. The van der Waals surface area contributed by atoms with Crippen LogP contribution < -0.4 is 20.9 Å². The van der Waals surface area contributed by atoms with Crippen molar-refractivity contribution >= 4 is 17.0 Å². The normalized spacial score (nSPS) is 11.2. The van der Waals surface area contributed by atoms with Gasteiger partial charge in [0.15, 0.2) is 11.2 Å². The fraction of sp³-hybridized carbons (Fsp3) is 0.385. The molecule has 0 N–H and O–H groups in total. The quantitative estimate of drug-likeness (QED) is 0.349. The maximum Gasteiger partial charge on any atom is 0.332 e. The Morgan fingerprint density at radius 3 is 2.34 bits per heavy atom. The van der Waals surface area contributed by atoms with Crippen LogP contribution in [0.15, 0.2) is 58.3 Å². The molecule has 184 valence electrons. The highest BCUT2D eigenvalue weighted by molar-refractivity contribution is 5.77. The van der Waals surface area contributed by atoms with Gasteiger partial charge >= 0.3 is 5.69 Å². The Balaban J connectivity index is 1.60. The minimum Gasteiger partial charge on any atom is -0.492 e. The summed E-state index contributed by atoms with van der Waals surface area (Å²) >= 11 is 0. The van der Waals surface area contributed by atoms with Crippen molar-refractivity contribution in [3.8, 4) is 17.1 Å². The van der Waals surface area contributed by atoms with Gasteiger partial charge in [0.1, 0.15) is 24.0 Å². The summed E-state index contributed by atoms with van der Waals surface area (Å²) in [5.74, 6) is 2.32. The lowest BCUT2D eigenvalue weighted by Crippen LogP contribution is -2.39. The van der Waals surface area contributed by atoms with E-state index in [1.54, 1.807) is 13.2 Å². The number of fused-ring (bicyclic) bond motifs is 1. The van der Waals surface area contributed by atoms with Gasteiger partial charge in [-0.15, -0.1) is 0 Å². The first-order chi connectivity index (χ1) is 17.0. The number of anilines is 1. The van der Waals surface area contributed by atoms with Gasteiger partial charge < -0.3 is 14.2 Å². The molecular weight excluding hydrogens is 444 g/mol. The molecule has 1 aromatic carbocycles. The number of imidazole rings is 1. The zero-order chi connectivity index (χ0) is 24.9. The molecule has 0 amide bonds. The fourth-order valence-electron chi connectivity index (χ4n) is 4.15. The molecule has 0 aliphatic rings. The van der Waals surface area contributed by atoms with Crippen molar-refractivity contribution in [1.82, 2.24) is 23.7 Å². The lowest BCUT2D eigenvalue weighted by atomic mass is 10.2. The molecule has 0 spiro atoms. The predicted molar refractivity (Wildman–Crippen MR) is 138 cm³/mol. The van der Waals surface area contributed by atoms with Gasteiger partial charge in [0.25, 0.3) is 5.56 Å². The number of pyridine rings is 1. The summed E-state index contributed by atoms with van der Waals surface area (Å²) in [5, 5.41) is 0. The number of hydrogen-bond acceptors (Lipinski definition) is 6. The molecule has 0 aliphatic carbocycles. The molecule has 35 heavy (non-hydrogen) atoms. The summed E-state index contributed by atoms with van der Waals surface area (Å²) in [5.41, 5.74) is 1.12. The molecule has 4 rings (SSSR count). The summed E-state index contributed by atoms with van der Waals surface area (Å²) in [4.78, 5) is 37.1. The van der Waals surface area contributed by atoms with E-state index in [2.05, 4.69) is 11.9 Å².